The molecule has 0 radical (unpaired) electrons. The second-order valence-corrected chi connectivity index (χ2v) is 16.6. The highest BCUT2D eigenvalue weighted by molar-refractivity contribution is 6.41. The lowest BCUT2D eigenvalue weighted by molar-refractivity contribution is 1.10. The van der Waals surface area contributed by atoms with Crippen LogP contribution in [-0.4, -0.2) is 28.7 Å². The summed E-state index contributed by atoms with van der Waals surface area (Å²) in [5.74, 6) is 1.02. The number of hydrogen-bond acceptors (Lipinski definition) is 6. The number of para-hydroxylation sites is 3. The topological polar surface area (TPSA) is 125 Å². The molecule has 10 aromatic rings. The fourth-order valence-corrected chi connectivity index (χ4v) is 9.92. The third-order valence-corrected chi connectivity index (χ3v) is 12.3. The van der Waals surface area contributed by atoms with Gasteiger partial charge in [0, 0.05) is 17.1 Å². The van der Waals surface area contributed by atoms with Gasteiger partial charge in [-0.15, -0.1) is 0 Å². The summed E-state index contributed by atoms with van der Waals surface area (Å²) < 4.78 is 5.77. The van der Waals surface area contributed by atoms with Crippen molar-refractivity contribution in [3.05, 3.63) is 174 Å². The number of fused-ring (bicyclic) bond motifs is 6. The maximum atomic E-state index is 9.84. The lowest BCUT2D eigenvalue weighted by atomic mass is 10.1. The van der Waals surface area contributed by atoms with Crippen LogP contribution in [0.1, 0.15) is 16.7 Å². The Labute approximate surface area is 388 Å². The van der Waals surface area contributed by atoms with Crippen LogP contribution in [0, 0.1) is 34.0 Å². The van der Waals surface area contributed by atoms with Crippen molar-refractivity contribution in [2.75, 3.05) is 0 Å². The molecule has 3 heterocycles. The summed E-state index contributed by atoms with van der Waals surface area (Å²) in [7, 11) is 0. The molecule has 0 atom stereocenters. The highest BCUT2D eigenvalue weighted by Gasteiger charge is 2.33. The number of nitrogens with zero attached hydrogens (tertiary/aromatic N) is 9. The standard InChI is InChI=1S/C48H21Cl6N9/c49-31-16-25(22-55)17-32(50)37(31)46-58-40-43(61(46)28-10-4-1-5-11-28)41-45(63(30-14-8-3-9-15-30)47(59-41)38-33(51)18-26(23-56)19-34(38)52)42-44(40)62(29-12-6-2-7-13-29)48(60-42)39-35(53)20-27(24-57)21-36(39)54/h1-21H. The zero-order valence-corrected chi connectivity index (χ0v) is 36.5. The molecule has 10 rings (SSSR count). The van der Waals surface area contributed by atoms with E-state index in [4.69, 9.17) is 84.6 Å². The number of halogens is 6. The van der Waals surface area contributed by atoms with Crippen molar-refractivity contribution in [1.29, 1.82) is 15.8 Å². The predicted octanol–water partition coefficient (Wildman–Crippen LogP) is 14.2. The molecule has 9 nitrogen and oxygen atoms in total. The molecule has 0 aliphatic rings. The molecule has 0 unspecified atom stereocenters. The van der Waals surface area contributed by atoms with Gasteiger partial charge in [-0.2, -0.15) is 15.8 Å². The van der Waals surface area contributed by atoms with E-state index in [2.05, 4.69) is 18.2 Å². The molecule has 300 valence electrons. The number of imidazole rings is 3. The van der Waals surface area contributed by atoms with Gasteiger partial charge in [-0.05, 0) is 72.8 Å². The molecular weight excluding hydrogens is 915 g/mol. The van der Waals surface area contributed by atoms with E-state index < -0.39 is 0 Å². The Bertz CT molecular complexity index is 3190. The van der Waals surface area contributed by atoms with E-state index in [-0.39, 0.29) is 46.8 Å². The van der Waals surface area contributed by atoms with E-state index in [0.29, 0.717) is 84.3 Å². The largest absolute Gasteiger partial charge is 0.290 e. The minimum Gasteiger partial charge on any atom is -0.290 e. The first kappa shape index (κ1) is 40.2. The Kier molecular flexibility index (Phi) is 10.1. The maximum absolute atomic E-state index is 9.84. The van der Waals surface area contributed by atoms with E-state index >= 15 is 0 Å². The fraction of sp³-hybridized carbons (Fsp3) is 0. The van der Waals surface area contributed by atoms with Crippen LogP contribution in [0.2, 0.25) is 30.1 Å². The van der Waals surface area contributed by atoms with Gasteiger partial charge in [0.15, 0.2) is 0 Å². The van der Waals surface area contributed by atoms with Crippen LogP contribution in [-0.2, 0) is 0 Å². The van der Waals surface area contributed by atoms with Crippen LogP contribution in [0.25, 0.3) is 84.3 Å². The van der Waals surface area contributed by atoms with Gasteiger partial charge in [0.25, 0.3) is 0 Å². The summed E-state index contributed by atoms with van der Waals surface area (Å²) in [6.07, 6.45) is 0. The van der Waals surface area contributed by atoms with Gasteiger partial charge < -0.3 is 0 Å². The number of aromatic nitrogens is 6. The number of benzene rings is 7. The Morgan fingerprint density at radius 2 is 0.571 bits per heavy atom. The van der Waals surface area contributed by atoms with Crippen molar-refractivity contribution in [3.63, 3.8) is 0 Å². The minimum absolute atomic E-state index is 0.194. The van der Waals surface area contributed by atoms with E-state index in [1.807, 2.05) is 105 Å². The predicted molar refractivity (Wildman–Crippen MR) is 251 cm³/mol. The summed E-state index contributed by atoms with van der Waals surface area (Å²) in [5, 5.41) is 30.7. The highest BCUT2D eigenvalue weighted by Crippen LogP contribution is 2.48. The average Bonchev–Trinajstić information content (AvgIpc) is 3.99. The molecule has 0 amide bonds. The molecule has 63 heavy (non-hydrogen) atoms. The summed E-state index contributed by atoms with van der Waals surface area (Å²) in [5.41, 5.74) is 6.80. The van der Waals surface area contributed by atoms with Gasteiger partial charge in [0.2, 0.25) is 0 Å². The molecule has 0 fully saturated rings. The molecule has 0 bridgehead atoms. The summed E-state index contributed by atoms with van der Waals surface area (Å²) in [4.78, 5) is 16.3. The summed E-state index contributed by atoms with van der Waals surface area (Å²) >= 11 is 42.4. The minimum atomic E-state index is 0.194. The third-order valence-electron chi connectivity index (χ3n) is 10.5. The lowest BCUT2D eigenvalue weighted by Crippen LogP contribution is -2.01. The van der Waals surface area contributed by atoms with E-state index in [0.717, 1.165) is 0 Å². The van der Waals surface area contributed by atoms with Gasteiger partial charge in [-0.3, -0.25) is 13.7 Å². The van der Waals surface area contributed by atoms with Crippen LogP contribution in [0.5, 0.6) is 0 Å². The van der Waals surface area contributed by atoms with E-state index in [1.165, 1.54) is 0 Å². The van der Waals surface area contributed by atoms with E-state index in [1.54, 1.807) is 36.4 Å². The van der Waals surface area contributed by atoms with Crippen LogP contribution < -0.4 is 0 Å². The quantitative estimate of drug-likeness (QED) is 0.163. The van der Waals surface area contributed by atoms with Crippen LogP contribution >= 0.6 is 69.6 Å². The van der Waals surface area contributed by atoms with Crippen molar-refractivity contribution >= 4 is 103 Å². The molecule has 0 aliphatic heterocycles. The monoisotopic (exact) mass is 933 g/mol. The first-order valence-corrected chi connectivity index (χ1v) is 21.1. The van der Waals surface area contributed by atoms with Gasteiger partial charge in [0.1, 0.15) is 50.6 Å². The Morgan fingerprint density at radius 1 is 0.349 bits per heavy atom. The highest BCUT2D eigenvalue weighted by atomic mass is 35.5. The molecular formula is C48H21Cl6N9. The maximum Gasteiger partial charge on any atom is 0.148 e. The van der Waals surface area contributed by atoms with Gasteiger partial charge in [0.05, 0.1) is 81.7 Å². The summed E-state index contributed by atoms with van der Waals surface area (Å²) in [6.45, 7) is 0. The zero-order chi connectivity index (χ0) is 43.7. The molecule has 0 saturated carbocycles. The number of hydrogen-bond donors (Lipinski definition) is 0. The Hall–Kier alpha value is -6.84. The first-order valence-electron chi connectivity index (χ1n) is 18.9. The fourth-order valence-electron chi connectivity index (χ4n) is 7.95. The number of rotatable bonds is 6. The Balaban J connectivity index is 1.53. The van der Waals surface area contributed by atoms with Gasteiger partial charge in [-0.1, -0.05) is 124 Å². The van der Waals surface area contributed by atoms with Crippen molar-refractivity contribution in [2.45, 2.75) is 0 Å². The van der Waals surface area contributed by atoms with Crippen LogP contribution in [0.3, 0.4) is 0 Å². The van der Waals surface area contributed by atoms with E-state index in [9.17, 15) is 15.8 Å². The van der Waals surface area contributed by atoms with Crippen molar-refractivity contribution in [3.8, 4) is 69.4 Å². The normalized spacial score (nSPS) is 11.3. The van der Waals surface area contributed by atoms with Gasteiger partial charge in [-0.25, -0.2) is 15.0 Å². The molecule has 7 aromatic carbocycles. The molecule has 15 heteroatoms. The second-order valence-electron chi connectivity index (χ2n) is 14.2. The van der Waals surface area contributed by atoms with Gasteiger partial charge >= 0.3 is 0 Å². The summed E-state index contributed by atoms with van der Waals surface area (Å²) in [6, 6.07) is 44.2. The van der Waals surface area contributed by atoms with Crippen LogP contribution in [0.4, 0.5) is 0 Å². The van der Waals surface area contributed by atoms with Crippen molar-refractivity contribution in [1.82, 2.24) is 28.7 Å². The lowest BCUT2D eigenvalue weighted by Gasteiger charge is -2.14. The van der Waals surface area contributed by atoms with Crippen LogP contribution in [0.15, 0.2) is 127 Å². The molecule has 0 saturated heterocycles. The second kappa shape index (κ2) is 15.8. The average molecular weight is 936 g/mol. The zero-order valence-electron chi connectivity index (χ0n) is 31.9. The Morgan fingerprint density at radius 3 is 0.778 bits per heavy atom. The SMILES string of the molecule is N#Cc1cc(Cl)c(-c2nc3c(c4nc(-c5c(Cl)cc(C#N)cc5Cl)n(-c5ccccc5)c4c4nc(-c5c(Cl)cc(C#N)cc5Cl)n(-c5ccccc5)c34)n2-c2ccccc2)c(Cl)c1. The van der Waals surface area contributed by atoms with Crippen molar-refractivity contribution < 1.29 is 0 Å². The van der Waals surface area contributed by atoms with Crippen molar-refractivity contribution in [2.24, 2.45) is 0 Å². The first-order chi connectivity index (χ1) is 30.6. The smallest absolute Gasteiger partial charge is 0.148 e. The number of nitriles is 3. The third kappa shape index (κ3) is 6.47. The molecule has 0 spiro atoms. The molecule has 0 N–H and O–H groups in total. The molecule has 3 aromatic heterocycles. The molecule has 0 aliphatic carbocycles.